The molecule has 4 nitrogen and oxygen atoms in total. The topological polar surface area (TPSA) is 63.8 Å². The SMILES string of the molecule is Nc1nc2c(c(-c3ccc(I)cc3)n1)CCCCN2. The molecule has 0 amide bonds. The zero-order valence-corrected chi connectivity index (χ0v) is 12.6. The molecular weight excluding hydrogens is 351 g/mol. The number of benzene rings is 1. The number of anilines is 2. The molecule has 2 aromatic rings. The Balaban J connectivity index is 2.14. The van der Waals surface area contributed by atoms with Crippen molar-refractivity contribution in [3.63, 3.8) is 0 Å². The van der Waals surface area contributed by atoms with Crippen LogP contribution in [0.4, 0.5) is 11.8 Å². The zero-order chi connectivity index (χ0) is 13.2. The Kier molecular flexibility index (Phi) is 3.54. The molecule has 2 heterocycles. The first-order chi connectivity index (χ1) is 9.24. The fourth-order valence-electron chi connectivity index (χ4n) is 2.36. The summed E-state index contributed by atoms with van der Waals surface area (Å²) in [6, 6.07) is 8.36. The maximum Gasteiger partial charge on any atom is 0.222 e. The Bertz CT molecular complexity index is 595. The van der Waals surface area contributed by atoms with Gasteiger partial charge in [-0.2, -0.15) is 4.98 Å². The van der Waals surface area contributed by atoms with Crippen molar-refractivity contribution in [1.82, 2.24) is 9.97 Å². The molecule has 0 spiro atoms. The molecule has 1 aliphatic heterocycles. The maximum absolute atomic E-state index is 5.84. The van der Waals surface area contributed by atoms with Crippen LogP contribution < -0.4 is 11.1 Å². The third-order valence-electron chi connectivity index (χ3n) is 3.29. The Morgan fingerprint density at radius 1 is 1.11 bits per heavy atom. The van der Waals surface area contributed by atoms with Gasteiger partial charge in [0.05, 0.1) is 5.69 Å². The first-order valence-electron chi connectivity index (χ1n) is 6.40. The highest BCUT2D eigenvalue weighted by molar-refractivity contribution is 14.1. The second-order valence-corrected chi connectivity index (χ2v) is 5.89. The van der Waals surface area contributed by atoms with E-state index < -0.39 is 0 Å². The summed E-state index contributed by atoms with van der Waals surface area (Å²) < 4.78 is 1.22. The van der Waals surface area contributed by atoms with Gasteiger partial charge >= 0.3 is 0 Å². The molecule has 1 aliphatic rings. The minimum atomic E-state index is 0.335. The van der Waals surface area contributed by atoms with Gasteiger partial charge in [0.15, 0.2) is 0 Å². The third kappa shape index (κ3) is 2.65. The van der Waals surface area contributed by atoms with E-state index in [1.807, 2.05) is 0 Å². The van der Waals surface area contributed by atoms with Gasteiger partial charge in [-0.25, -0.2) is 4.98 Å². The largest absolute Gasteiger partial charge is 0.370 e. The van der Waals surface area contributed by atoms with Gasteiger partial charge in [0, 0.05) is 21.2 Å². The van der Waals surface area contributed by atoms with Crippen LogP contribution in [0.5, 0.6) is 0 Å². The van der Waals surface area contributed by atoms with E-state index in [0.717, 1.165) is 42.9 Å². The highest BCUT2D eigenvalue weighted by Crippen LogP contribution is 2.30. The Morgan fingerprint density at radius 3 is 2.68 bits per heavy atom. The molecule has 0 saturated carbocycles. The van der Waals surface area contributed by atoms with Gasteiger partial charge in [0.1, 0.15) is 5.82 Å². The van der Waals surface area contributed by atoms with Gasteiger partial charge in [0.2, 0.25) is 5.95 Å². The Hall–Kier alpha value is -1.37. The number of nitrogens with two attached hydrogens (primary N) is 1. The average molecular weight is 366 g/mol. The molecule has 0 atom stereocenters. The lowest BCUT2D eigenvalue weighted by atomic mass is 10.0. The van der Waals surface area contributed by atoms with Crippen LogP contribution in [0.15, 0.2) is 24.3 Å². The fraction of sp³-hybridized carbons (Fsp3) is 0.286. The molecule has 1 aromatic carbocycles. The predicted octanol–water partition coefficient (Wildman–Crippen LogP) is 3.08. The third-order valence-corrected chi connectivity index (χ3v) is 4.01. The van der Waals surface area contributed by atoms with E-state index in [4.69, 9.17) is 5.73 Å². The second kappa shape index (κ2) is 5.32. The number of rotatable bonds is 1. The second-order valence-electron chi connectivity index (χ2n) is 4.65. The van der Waals surface area contributed by atoms with Gasteiger partial charge in [-0.1, -0.05) is 12.1 Å². The minimum Gasteiger partial charge on any atom is -0.370 e. The van der Waals surface area contributed by atoms with Crippen LogP contribution in [0.25, 0.3) is 11.3 Å². The van der Waals surface area contributed by atoms with Crippen molar-refractivity contribution in [1.29, 1.82) is 0 Å². The molecule has 1 aromatic heterocycles. The Labute approximate surface area is 126 Å². The molecule has 0 bridgehead atoms. The first kappa shape index (κ1) is 12.7. The van der Waals surface area contributed by atoms with Crippen LogP contribution in [-0.4, -0.2) is 16.5 Å². The summed E-state index contributed by atoms with van der Waals surface area (Å²) in [6.45, 7) is 0.954. The molecule has 3 rings (SSSR count). The number of nitrogen functional groups attached to an aromatic ring is 1. The predicted molar refractivity (Wildman–Crippen MR) is 86.0 cm³/mol. The molecular formula is C14H15IN4. The summed E-state index contributed by atoms with van der Waals surface area (Å²) in [5, 5.41) is 3.35. The molecule has 0 saturated heterocycles. The van der Waals surface area contributed by atoms with Crippen LogP contribution >= 0.6 is 22.6 Å². The maximum atomic E-state index is 5.84. The smallest absolute Gasteiger partial charge is 0.222 e. The molecule has 0 radical (unpaired) electrons. The van der Waals surface area contributed by atoms with Crippen molar-refractivity contribution in [2.45, 2.75) is 19.3 Å². The number of hydrogen-bond acceptors (Lipinski definition) is 4. The van der Waals surface area contributed by atoms with E-state index >= 15 is 0 Å². The van der Waals surface area contributed by atoms with Crippen LogP contribution in [-0.2, 0) is 6.42 Å². The number of halogens is 1. The highest BCUT2D eigenvalue weighted by atomic mass is 127. The number of fused-ring (bicyclic) bond motifs is 1. The van der Waals surface area contributed by atoms with Gasteiger partial charge in [0.25, 0.3) is 0 Å². The first-order valence-corrected chi connectivity index (χ1v) is 7.48. The van der Waals surface area contributed by atoms with Gasteiger partial charge in [-0.05, 0) is 54.0 Å². The summed E-state index contributed by atoms with van der Waals surface area (Å²) in [5.41, 5.74) is 9.10. The van der Waals surface area contributed by atoms with Gasteiger partial charge in [-0.15, -0.1) is 0 Å². The lowest BCUT2D eigenvalue weighted by Gasteiger charge is -2.12. The standard InChI is InChI=1S/C14H15IN4/c15-10-6-4-9(5-7-10)12-11-3-1-2-8-17-13(11)19-14(16)18-12/h4-7H,1-3,8H2,(H3,16,17,18,19). The summed E-state index contributed by atoms with van der Waals surface area (Å²) >= 11 is 2.30. The summed E-state index contributed by atoms with van der Waals surface area (Å²) in [6.07, 6.45) is 3.32. The number of nitrogens with zero attached hydrogens (tertiary/aromatic N) is 2. The van der Waals surface area contributed by atoms with E-state index in [1.54, 1.807) is 0 Å². The fourth-order valence-corrected chi connectivity index (χ4v) is 2.72. The van der Waals surface area contributed by atoms with E-state index in [1.165, 1.54) is 9.13 Å². The number of aromatic nitrogens is 2. The van der Waals surface area contributed by atoms with E-state index in [2.05, 4.69) is 62.1 Å². The van der Waals surface area contributed by atoms with Gasteiger partial charge in [-0.3, -0.25) is 0 Å². The number of nitrogens with one attached hydrogen (secondary N) is 1. The van der Waals surface area contributed by atoms with Crippen molar-refractivity contribution in [3.8, 4) is 11.3 Å². The van der Waals surface area contributed by atoms with E-state index in [-0.39, 0.29) is 0 Å². The number of hydrogen-bond donors (Lipinski definition) is 2. The van der Waals surface area contributed by atoms with Crippen LogP contribution in [0.1, 0.15) is 18.4 Å². The molecule has 0 unspecified atom stereocenters. The summed E-state index contributed by atoms with van der Waals surface area (Å²) in [7, 11) is 0. The quantitative estimate of drug-likeness (QED) is 0.762. The van der Waals surface area contributed by atoms with Crippen LogP contribution in [0.2, 0.25) is 0 Å². The highest BCUT2D eigenvalue weighted by Gasteiger charge is 2.16. The lowest BCUT2D eigenvalue weighted by molar-refractivity contribution is 0.785. The van der Waals surface area contributed by atoms with E-state index in [0.29, 0.717) is 5.95 Å². The minimum absolute atomic E-state index is 0.335. The van der Waals surface area contributed by atoms with Crippen LogP contribution in [0.3, 0.4) is 0 Å². The molecule has 0 fully saturated rings. The summed E-state index contributed by atoms with van der Waals surface area (Å²) in [5.74, 6) is 1.24. The van der Waals surface area contributed by atoms with E-state index in [9.17, 15) is 0 Å². The molecule has 0 aliphatic carbocycles. The van der Waals surface area contributed by atoms with Crippen molar-refractivity contribution in [2.24, 2.45) is 0 Å². The average Bonchev–Trinajstić information content (AvgIpc) is 2.64. The normalized spacial score (nSPS) is 14.4. The molecule has 5 heteroatoms. The lowest BCUT2D eigenvalue weighted by Crippen LogP contribution is -2.07. The monoisotopic (exact) mass is 366 g/mol. The van der Waals surface area contributed by atoms with Crippen molar-refractivity contribution >= 4 is 34.4 Å². The van der Waals surface area contributed by atoms with Gasteiger partial charge < -0.3 is 11.1 Å². The summed E-state index contributed by atoms with van der Waals surface area (Å²) in [4.78, 5) is 8.78. The Morgan fingerprint density at radius 2 is 1.89 bits per heavy atom. The molecule has 19 heavy (non-hydrogen) atoms. The van der Waals surface area contributed by atoms with Crippen molar-refractivity contribution < 1.29 is 0 Å². The van der Waals surface area contributed by atoms with Crippen molar-refractivity contribution in [3.05, 3.63) is 33.4 Å². The van der Waals surface area contributed by atoms with Crippen molar-refractivity contribution in [2.75, 3.05) is 17.6 Å². The zero-order valence-electron chi connectivity index (χ0n) is 10.5. The molecule has 98 valence electrons. The van der Waals surface area contributed by atoms with Crippen LogP contribution in [0, 0.1) is 3.57 Å². The molecule has 3 N–H and O–H groups in total.